The molecular formula is C21H28O13. The number of hydrogen-bond donors (Lipinski definition) is 8. The first-order valence-electron chi connectivity index (χ1n) is 10.4. The molecule has 190 valence electrons. The molecule has 2 fully saturated rings. The average Bonchev–Trinajstić information content (AvgIpc) is 2.82. The third-order valence-corrected chi connectivity index (χ3v) is 5.50. The van der Waals surface area contributed by atoms with Crippen molar-refractivity contribution in [1.29, 1.82) is 0 Å². The summed E-state index contributed by atoms with van der Waals surface area (Å²) in [6.45, 7) is -1.24. The van der Waals surface area contributed by atoms with Gasteiger partial charge in [-0.2, -0.15) is 0 Å². The highest BCUT2D eigenvalue weighted by atomic mass is 16.7. The molecule has 8 N–H and O–H groups in total. The fraction of sp³-hybridized carbons (Fsp3) is 0.571. The van der Waals surface area contributed by atoms with Crippen LogP contribution in [0.3, 0.4) is 0 Å². The van der Waals surface area contributed by atoms with Crippen molar-refractivity contribution in [3.63, 3.8) is 0 Å². The van der Waals surface area contributed by atoms with Crippen molar-refractivity contribution in [3.05, 3.63) is 35.9 Å². The second-order valence-corrected chi connectivity index (χ2v) is 7.90. The molecule has 2 heterocycles. The molecule has 0 radical (unpaired) electrons. The maximum Gasteiger partial charge on any atom is 0.330 e. The Balaban J connectivity index is 1.54. The number of benzene rings is 1. The molecule has 1 aromatic carbocycles. The topological polar surface area (TPSA) is 216 Å². The Morgan fingerprint density at radius 2 is 1.53 bits per heavy atom. The molecule has 0 aromatic heterocycles. The molecule has 0 bridgehead atoms. The summed E-state index contributed by atoms with van der Waals surface area (Å²) in [6.07, 6.45) is -13.9. The Labute approximate surface area is 193 Å². The first-order chi connectivity index (χ1) is 16.1. The van der Waals surface area contributed by atoms with Crippen molar-refractivity contribution in [3.8, 4) is 5.75 Å². The average molecular weight is 488 g/mol. The van der Waals surface area contributed by atoms with Crippen LogP contribution in [-0.4, -0.2) is 121 Å². The van der Waals surface area contributed by atoms with Gasteiger partial charge >= 0.3 is 5.97 Å². The van der Waals surface area contributed by atoms with E-state index in [9.17, 15) is 45.6 Å². The van der Waals surface area contributed by atoms with Crippen molar-refractivity contribution in [2.24, 2.45) is 0 Å². The van der Waals surface area contributed by atoms with E-state index >= 15 is 0 Å². The minimum atomic E-state index is -1.86. The van der Waals surface area contributed by atoms with Gasteiger partial charge in [0.1, 0.15) is 61.2 Å². The lowest BCUT2D eigenvalue weighted by atomic mass is 9.97. The Morgan fingerprint density at radius 3 is 2.18 bits per heavy atom. The Morgan fingerprint density at radius 1 is 0.882 bits per heavy atom. The van der Waals surface area contributed by atoms with E-state index in [4.69, 9.17) is 18.9 Å². The molecule has 13 heteroatoms. The maximum atomic E-state index is 11.9. The molecule has 0 aliphatic carbocycles. The molecule has 3 rings (SSSR count). The second-order valence-electron chi connectivity index (χ2n) is 7.90. The van der Waals surface area contributed by atoms with Crippen LogP contribution in [0.25, 0.3) is 6.08 Å². The van der Waals surface area contributed by atoms with Crippen molar-refractivity contribution in [2.45, 2.75) is 61.4 Å². The van der Waals surface area contributed by atoms with E-state index in [2.05, 4.69) is 0 Å². The Kier molecular flexibility index (Phi) is 8.95. The smallest absolute Gasteiger partial charge is 0.330 e. The highest BCUT2D eigenvalue weighted by Gasteiger charge is 2.50. The highest BCUT2D eigenvalue weighted by Crippen LogP contribution is 2.28. The van der Waals surface area contributed by atoms with Crippen molar-refractivity contribution >= 4 is 12.0 Å². The number of rotatable bonds is 7. The summed E-state index contributed by atoms with van der Waals surface area (Å²) in [5.41, 5.74) is 0.614. The van der Waals surface area contributed by atoms with Crippen LogP contribution < -0.4 is 0 Å². The number of aromatic hydroxyl groups is 1. The maximum absolute atomic E-state index is 11.9. The quantitative estimate of drug-likeness (QED) is 0.139. The predicted octanol–water partition coefficient (Wildman–Crippen LogP) is -3.43. The SMILES string of the molecule is O=C(C=Cc1ccc(O)cc1)OC[C@H]1O[C@@H](O)[C@@H](O[C@@H]2O[C@@H](CO)[C@@H](O)[C@@H](O)[C@H]2O)[C@@H](O)[C@H]1O. The molecule has 0 amide bonds. The molecule has 34 heavy (non-hydrogen) atoms. The lowest BCUT2D eigenvalue weighted by Crippen LogP contribution is -2.64. The van der Waals surface area contributed by atoms with Gasteiger partial charge in [0.2, 0.25) is 0 Å². The molecule has 13 nitrogen and oxygen atoms in total. The van der Waals surface area contributed by atoms with Gasteiger partial charge in [0.15, 0.2) is 12.6 Å². The lowest BCUT2D eigenvalue weighted by Gasteiger charge is -2.45. The van der Waals surface area contributed by atoms with Crippen LogP contribution in [-0.2, 0) is 23.7 Å². The lowest BCUT2D eigenvalue weighted by molar-refractivity contribution is -0.361. The Hall–Kier alpha value is -2.17. The normalized spacial score (nSPS) is 38.7. The van der Waals surface area contributed by atoms with E-state index in [1.54, 1.807) is 12.1 Å². The molecule has 0 unspecified atom stereocenters. The summed E-state index contributed by atoms with van der Waals surface area (Å²) in [6, 6.07) is 6.00. The van der Waals surface area contributed by atoms with Gasteiger partial charge in [0.05, 0.1) is 6.61 Å². The predicted molar refractivity (Wildman–Crippen MR) is 110 cm³/mol. The molecule has 2 aliphatic heterocycles. The monoisotopic (exact) mass is 488 g/mol. The van der Waals surface area contributed by atoms with Crippen LogP contribution in [0.1, 0.15) is 5.56 Å². The van der Waals surface area contributed by atoms with E-state index in [0.717, 1.165) is 6.08 Å². The summed E-state index contributed by atoms with van der Waals surface area (Å²) >= 11 is 0. The van der Waals surface area contributed by atoms with E-state index in [-0.39, 0.29) is 5.75 Å². The molecule has 2 saturated heterocycles. The van der Waals surface area contributed by atoms with Crippen LogP contribution in [0.15, 0.2) is 30.3 Å². The molecule has 2 aliphatic rings. The molecule has 10 atom stereocenters. The molecule has 0 spiro atoms. The number of ether oxygens (including phenoxy) is 4. The minimum Gasteiger partial charge on any atom is -0.508 e. The third-order valence-electron chi connectivity index (χ3n) is 5.50. The van der Waals surface area contributed by atoms with E-state index in [1.165, 1.54) is 18.2 Å². The van der Waals surface area contributed by atoms with Gasteiger partial charge in [-0.05, 0) is 23.8 Å². The summed E-state index contributed by atoms with van der Waals surface area (Å²) in [7, 11) is 0. The van der Waals surface area contributed by atoms with Crippen LogP contribution in [0.5, 0.6) is 5.75 Å². The van der Waals surface area contributed by atoms with Gasteiger partial charge < -0.3 is 59.8 Å². The van der Waals surface area contributed by atoms with Gasteiger partial charge in [-0.1, -0.05) is 12.1 Å². The molecule has 1 aromatic rings. The van der Waals surface area contributed by atoms with Gasteiger partial charge in [-0.3, -0.25) is 0 Å². The number of carbonyl (C=O) groups is 1. The zero-order valence-corrected chi connectivity index (χ0v) is 17.8. The van der Waals surface area contributed by atoms with Crippen LogP contribution in [0.2, 0.25) is 0 Å². The second kappa shape index (κ2) is 11.5. The zero-order chi connectivity index (χ0) is 25.0. The number of carbonyl (C=O) groups excluding carboxylic acids is 1. The van der Waals surface area contributed by atoms with Gasteiger partial charge in [0, 0.05) is 6.08 Å². The van der Waals surface area contributed by atoms with Gasteiger partial charge in [0.25, 0.3) is 0 Å². The number of hydrogen-bond acceptors (Lipinski definition) is 13. The van der Waals surface area contributed by atoms with E-state index < -0.39 is 80.6 Å². The van der Waals surface area contributed by atoms with Crippen LogP contribution in [0.4, 0.5) is 0 Å². The first-order valence-corrected chi connectivity index (χ1v) is 10.4. The van der Waals surface area contributed by atoms with E-state index in [1.807, 2.05) is 0 Å². The summed E-state index contributed by atoms with van der Waals surface area (Å²) in [4.78, 5) is 11.9. The Bertz CT molecular complexity index is 828. The zero-order valence-electron chi connectivity index (χ0n) is 17.8. The van der Waals surface area contributed by atoms with Gasteiger partial charge in [-0.15, -0.1) is 0 Å². The summed E-state index contributed by atoms with van der Waals surface area (Å²) in [5.74, 6) is -0.735. The number of aliphatic hydroxyl groups excluding tert-OH is 7. The highest BCUT2D eigenvalue weighted by molar-refractivity contribution is 5.87. The van der Waals surface area contributed by atoms with Crippen LogP contribution >= 0.6 is 0 Å². The number of aliphatic hydroxyl groups is 7. The fourth-order valence-corrected chi connectivity index (χ4v) is 3.50. The third kappa shape index (κ3) is 6.09. The summed E-state index contributed by atoms with van der Waals surface area (Å²) < 4.78 is 20.6. The molecule has 0 saturated carbocycles. The van der Waals surface area contributed by atoms with Crippen LogP contribution in [0, 0.1) is 0 Å². The van der Waals surface area contributed by atoms with Crippen molar-refractivity contribution in [2.75, 3.05) is 13.2 Å². The first kappa shape index (κ1) is 26.4. The fourth-order valence-electron chi connectivity index (χ4n) is 3.50. The van der Waals surface area contributed by atoms with E-state index in [0.29, 0.717) is 5.56 Å². The standard InChI is InChI=1S/C21H28O13/c22-7-11-14(25)16(27)18(29)21(33-11)34-19-17(28)15(26)12(32-20(19)30)8-31-13(24)6-3-9-1-4-10(23)5-2-9/h1-6,11-12,14-23,25-30H,7-8H2/t11-,12+,14+,15-,16+,17-,18+,19-,20+,21-/m0/s1. The summed E-state index contributed by atoms with van der Waals surface area (Å²) in [5, 5.41) is 79.1. The number of phenolic OH excluding ortho intramolecular Hbond substituents is 1. The number of esters is 1. The minimum absolute atomic E-state index is 0.0640. The molecular weight excluding hydrogens is 460 g/mol. The number of phenols is 1. The van der Waals surface area contributed by atoms with Crippen molar-refractivity contribution < 1.29 is 64.6 Å². The van der Waals surface area contributed by atoms with Gasteiger partial charge in [-0.25, -0.2) is 4.79 Å². The largest absolute Gasteiger partial charge is 0.508 e. The van der Waals surface area contributed by atoms with Crippen molar-refractivity contribution in [1.82, 2.24) is 0 Å².